The van der Waals surface area contributed by atoms with Crippen LogP contribution in [0.3, 0.4) is 0 Å². The Kier molecular flexibility index (Phi) is 5.12. The quantitative estimate of drug-likeness (QED) is 0.813. The molecule has 6 nitrogen and oxygen atoms in total. The number of carboxylic acid groups (broad SMARTS) is 1. The molecule has 1 heterocycles. The van der Waals surface area contributed by atoms with E-state index >= 15 is 0 Å². The Hall–Kier alpha value is -2.06. The van der Waals surface area contributed by atoms with Gasteiger partial charge in [-0.1, -0.05) is 0 Å². The second-order valence-corrected chi connectivity index (χ2v) is 4.12. The van der Waals surface area contributed by atoms with Gasteiger partial charge in [0.05, 0.1) is 12.2 Å². The number of imidazole rings is 1. The fourth-order valence-electron chi connectivity index (χ4n) is 1.62. The SMILES string of the molecule is CCn1cncc1CC(CNC(=O)C(F)(F)F)C(=O)O. The van der Waals surface area contributed by atoms with Crippen LogP contribution in [0.25, 0.3) is 0 Å². The summed E-state index contributed by atoms with van der Waals surface area (Å²) >= 11 is 0. The first-order valence-corrected chi connectivity index (χ1v) is 5.82. The molecule has 0 saturated heterocycles. The fraction of sp³-hybridized carbons (Fsp3) is 0.545. The van der Waals surface area contributed by atoms with Crippen molar-refractivity contribution in [1.29, 1.82) is 0 Å². The number of aryl methyl sites for hydroxylation is 1. The smallest absolute Gasteiger partial charge is 0.471 e. The Morgan fingerprint density at radius 3 is 2.65 bits per heavy atom. The van der Waals surface area contributed by atoms with Gasteiger partial charge >= 0.3 is 18.1 Å². The number of aliphatic carboxylic acids is 1. The highest BCUT2D eigenvalue weighted by atomic mass is 19.4. The molecule has 0 aliphatic heterocycles. The zero-order valence-electron chi connectivity index (χ0n) is 10.6. The van der Waals surface area contributed by atoms with Crippen LogP contribution in [-0.2, 0) is 22.6 Å². The summed E-state index contributed by atoms with van der Waals surface area (Å²) < 4.78 is 37.8. The zero-order valence-corrected chi connectivity index (χ0v) is 10.6. The molecule has 1 aromatic rings. The minimum absolute atomic E-state index is 0.0126. The number of halogens is 3. The molecular formula is C11H14F3N3O3. The lowest BCUT2D eigenvalue weighted by Gasteiger charge is -2.15. The van der Waals surface area contributed by atoms with E-state index in [0.29, 0.717) is 12.2 Å². The van der Waals surface area contributed by atoms with E-state index in [0.717, 1.165) is 0 Å². The zero-order chi connectivity index (χ0) is 15.3. The molecule has 1 amide bonds. The maximum absolute atomic E-state index is 12.0. The number of alkyl halides is 3. The van der Waals surface area contributed by atoms with Crippen LogP contribution in [0.4, 0.5) is 13.2 Å². The average molecular weight is 293 g/mol. The normalized spacial score (nSPS) is 13.0. The lowest BCUT2D eigenvalue weighted by atomic mass is 10.0. The van der Waals surface area contributed by atoms with Crippen molar-refractivity contribution in [2.75, 3.05) is 6.54 Å². The Labute approximate surface area is 112 Å². The molecule has 0 bridgehead atoms. The Balaban J connectivity index is 2.67. The van der Waals surface area contributed by atoms with Gasteiger partial charge in [0.2, 0.25) is 0 Å². The molecule has 0 aliphatic rings. The highest BCUT2D eigenvalue weighted by Gasteiger charge is 2.39. The predicted octanol–water partition coefficient (Wildman–Crippen LogP) is 0.825. The number of nitrogens with zero attached hydrogens (tertiary/aromatic N) is 2. The van der Waals surface area contributed by atoms with Gasteiger partial charge < -0.3 is 15.0 Å². The first-order chi connectivity index (χ1) is 9.25. The molecule has 1 atom stereocenters. The topological polar surface area (TPSA) is 84.2 Å². The number of amides is 1. The van der Waals surface area contributed by atoms with Crippen LogP contribution in [0.2, 0.25) is 0 Å². The van der Waals surface area contributed by atoms with Gasteiger partial charge in [0.25, 0.3) is 0 Å². The summed E-state index contributed by atoms with van der Waals surface area (Å²) in [6.07, 6.45) is -2.08. The van der Waals surface area contributed by atoms with Crippen LogP contribution in [0.1, 0.15) is 12.6 Å². The number of hydrogen-bond acceptors (Lipinski definition) is 3. The van der Waals surface area contributed by atoms with E-state index < -0.39 is 30.5 Å². The molecule has 0 aromatic carbocycles. The number of aromatic nitrogens is 2. The maximum Gasteiger partial charge on any atom is 0.471 e. The fourth-order valence-corrected chi connectivity index (χ4v) is 1.62. The number of rotatable bonds is 6. The van der Waals surface area contributed by atoms with Crippen molar-refractivity contribution in [3.05, 3.63) is 18.2 Å². The molecule has 0 spiro atoms. The number of hydrogen-bond donors (Lipinski definition) is 2. The average Bonchev–Trinajstić information content (AvgIpc) is 2.79. The highest BCUT2D eigenvalue weighted by Crippen LogP contribution is 2.15. The summed E-state index contributed by atoms with van der Waals surface area (Å²) in [6.45, 7) is 1.80. The molecule has 20 heavy (non-hydrogen) atoms. The summed E-state index contributed by atoms with van der Waals surface area (Å²) in [5.74, 6) is -4.58. The molecule has 1 rings (SSSR count). The van der Waals surface area contributed by atoms with Gasteiger partial charge in [-0.3, -0.25) is 9.59 Å². The first kappa shape index (κ1) is 16.0. The van der Waals surface area contributed by atoms with Crippen LogP contribution in [0, 0.1) is 5.92 Å². The van der Waals surface area contributed by atoms with Crippen molar-refractivity contribution in [3.8, 4) is 0 Å². The van der Waals surface area contributed by atoms with Crippen molar-refractivity contribution in [3.63, 3.8) is 0 Å². The molecule has 0 fully saturated rings. The van der Waals surface area contributed by atoms with E-state index in [1.54, 1.807) is 9.88 Å². The van der Waals surface area contributed by atoms with Gasteiger partial charge in [-0.05, 0) is 6.92 Å². The van der Waals surface area contributed by atoms with E-state index in [-0.39, 0.29) is 6.42 Å². The third-order valence-electron chi connectivity index (χ3n) is 2.71. The summed E-state index contributed by atoms with van der Waals surface area (Å²) in [6, 6.07) is 0. The monoisotopic (exact) mass is 293 g/mol. The summed E-state index contributed by atoms with van der Waals surface area (Å²) in [5.41, 5.74) is 0.584. The second-order valence-electron chi connectivity index (χ2n) is 4.12. The highest BCUT2D eigenvalue weighted by molar-refractivity contribution is 5.82. The molecule has 0 radical (unpaired) electrons. The molecule has 112 valence electrons. The largest absolute Gasteiger partial charge is 0.481 e. The standard InChI is InChI=1S/C11H14F3N3O3/c1-2-17-6-15-5-8(17)3-7(9(18)19)4-16-10(20)11(12,13)14/h5-7H,2-4H2,1H3,(H,16,20)(H,18,19). The third-order valence-corrected chi connectivity index (χ3v) is 2.71. The third kappa shape index (κ3) is 4.25. The lowest BCUT2D eigenvalue weighted by Crippen LogP contribution is -2.41. The van der Waals surface area contributed by atoms with Gasteiger partial charge in [0.1, 0.15) is 0 Å². The van der Waals surface area contributed by atoms with Gasteiger partial charge in [-0.15, -0.1) is 0 Å². The maximum atomic E-state index is 12.0. The van der Waals surface area contributed by atoms with E-state index in [1.807, 2.05) is 6.92 Å². The summed E-state index contributed by atoms with van der Waals surface area (Å²) in [7, 11) is 0. The predicted molar refractivity (Wildman–Crippen MR) is 61.8 cm³/mol. The second kappa shape index (κ2) is 6.40. The van der Waals surface area contributed by atoms with Crippen LogP contribution < -0.4 is 5.32 Å². The first-order valence-electron chi connectivity index (χ1n) is 5.82. The molecule has 2 N–H and O–H groups in total. The van der Waals surface area contributed by atoms with Crippen molar-refractivity contribution in [2.45, 2.75) is 26.1 Å². The minimum Gasteiger partial charge on any atom is -0.481 e. The van der Waals surface area contributed by atoms with Crippen LogP contribution in [-0.4, -0.2) is 39.3 Å². The summed E-state index contributed by atoms with van der Waals surface area (Å²) in [4.78, 5) is 25.5. The van der Waals surface area contributed by atoms with Gasteiger partial charge in [-0.2, -0.15) is 13.2 Å². The molecule has 0 aliphatic carbocycles. The molecule has 1 aromatic heterocycles. The van der Waals surface area contributed by atoms with Crippen molar-refractivity contribution >= 4 is 11.9 Å². The van der Waals surface area contributed by atoms with Crippen LogP contribution in [0.15, 0.2) is 12.5 Å². The number of nitrogens with one attached hydrogen (secondary N) is 1. The minimum atomic E-state index is -5.02. The van der Waals surface area contributed by atoms with Crippen LogP contribution in [0.5, 0.6) is 0 Å². The van der Waals surface area contributed by atoms with Crippen molar-refractivity contribution < 1.29 is 27.9 Å². The Morgan fingerprint density at radius 2 is 2.15 bits per heavy atom. The van der Waals surface area contributed by atoms with Gasteiger partial charge in [-0.25, -0.2) is 4.98 Å². The lowest BCUT2D eigenvalue weighted by molar-refractivity contribution is -0.174. The van der Waals surface area contributed by atoms with E-state index in [2.05, 4.69) is 4.98 Å². The van der Waals surface area contributed by atoms with Crippen LogP contribution >= 0.6 is 0 Å². The van der Waals surface area contributed by atoms with E-state index in [9.17, 15) is 22.8 Å². The van der Waals surface area contributed by atoms with E-state index in [1.165, 1.54) is 12.5 Å². The van der Waals surface area contributed by atoms with E-state index in [4.69, 9.17) is 5.11 Å². The summed E-state index contributed by atoms with van der Waals surface area (Å²) in [5, 5.41) is 10.6. The van der Waals surface area contributed by atoms with Gasteiger partial charge in [0, 0.05) is 31.4 Å². The Bertz CT molecular complexity index is 485. The van der Waals surface area contributed by atoms with Crippen molar-refractivity contribution in [2.24, 2.45) is 5.92 Å². The number of carboxylic acids is 1. The van der Waals surface area contributed by atoms with Gasteiger partial charge in [0.15, 0.2) is 0 Å². The molecule has 9 heteroatoms. The Morgan fingerprint density at radius 1 is 1.50 bits per heavy atom. The van der Waals surface area contributed by atoms with Crippen molar-refractivity contribution in [1.82, 2.24) is 14.9 Å². The molecule has 0 saturated carbocycles. The molecule has 1 unspecified atom stereocenters. The number of carbonyl (C=O) groups excluding carboxylic acids is 1. The molecular weight excluding hydrogens is 279 g/mol. The number of carbonyl (C=O) groups is 2.